The zero-order valence-corrected chi connectivity index (χ0v) is 10.3. The maximum absolute atomic E-state index is 11.7. The number of benzene rings is 1. The van der Waals surface area contributed by atoms with Gasteiger partial charge in [-0.3, -0.25) is 4.79 Å². The molecule has 1 heterocycles. The summed E-state index contributed by atoms with van der Waals surface area (Å²) in [5.41, 5.74) is 2.03. The summed E-state index contributed by atoms with van der Waals surface area (Å²) in [6.45, 7) is 0.351. The summed E-state index contributed by atoms with van der Waals surface area (Å²) < 4.78 is 4.85. The van der Waals surface area contributed by atoms with E-state index in [1.165, 1.54) is 12.3 Å². The lowest BCUT2D eigenvalue weighted by atomic mass is 10.1. The zero-order chi connectivity index (χ0) is 13.0. The van der Waals surface area contributed by atoms with E-state index in [1.807, 2.05) is 24.3 Å². The maximum atomic E-state index is 11.7. The number of amides is 1. The SMILES string of the molecule is O=C(NCc1cccc(CO)c1)c1ccoc1Cl. The number of nitrogens with one attached hydrogen (secondary N) is 1. The molecule has 0 aliphatic carbocycles. The Balaban J connectivity index is 1.99. The van der Waals surface area contributed by atoms with Crippen LogP contribution < -0.4 is 5.32 Å². The monoisotopic (exact) mass is 265 g/mol. The van der Waals surface area contributed by atoms with E-state index < -0.39 is 0 Å². The van der Waals surface area contributed by atoms with Crippen LogP contribution in [0.1, 0.15) is 21.5 Å². The highest BCUT2D eigenvalue weighted by Gasteiger charge is 2.12. The number of halogens is 1. The van der Waals surface area contributed by atoms with Crippen LogP contribution in [0.5, 0.6) is 0 Å². The van der Waals surface area contributed by atoms with Crippen LogP contribution in [-0.2, 0) is 13.2 Å². The maximum Gasteiger partial charge on any atom is 0.256 e. The van der Waals surface area contributed by atoms with Gasteiger partial charge in [0.25, 0.3) is 5.91 Å². The van der Waals surface area contributed by atoms with Gasteiger partial charge in [-0.1, -0.05) is 24.3 Å². The molecule has 0 fully saturated rings. The minimum Gasteiger partial charge on any atom is -0.452 e. The van der Waals surface area contributed by atoms with E-state index in [-0.39, 0.29) is 17.7 Å². The molecule has 0 aliphatic rings. The fourth-order valence-corrected chi connectivity index (χ4v) is 1.77. The van der Waals surface area contributed by atoms with Crippen molar-refractivity contribution in [3.8, 4) is 0 Å². The normalized spacial score (nSPS) is 10.3. The van der Waals surface area contributed by atoms with Crippen molar-refractivity contribution in [2.45, 2.75) is 13.2 Å². The second-order valence-corrected chi connectivity index (χ2v) is 4.11. The quantitative estimate of drug-likeness (QED) is 0.892. The number of aliphatic hydroxyl groups excluding tert-OH is 1. The zero-order valence-electron chi connectivity index (χ0n) is 9.52. The molecule has 0 unspecified atom stereocenters. The Morgan fingerprint density at radius 3 is 2.78 bits per heavy atom. The van der Waals surface area contributed by atoms with Crippen molar-refractivity contribution >= 4 is 17.5 Å². The summed E-state index contributed by atoms with van der Waals surface area (Å²) >= 11 is 5.70. The van der Waals surface area contributed by atoms with Gasteiger partial charge in [-0.05, 0) is 28.8 Å². The number of carbonyl (C=O) groups is 1. The van der Waals surface area contributed by atoms with Crippen LogP contribution in [0.4, 0.5) is 0 Å². The number of hydrogen-bond donors (Lipinski definition) is 2. The topological polar surface area (TPSA) is 62.5 Å². The molecule has 2 N–H and O–H groups in total. The molecule has 1 aromatic heterocycles. The van der Waals surface area contributed by atoms with E-state index in [2.05, 4.69) is 5.32 Å². The van der Waals surface area contributed by atoms with E-state index in [0.717, 1.165) is 11.1 Å². The Kier molecular flexibility index (Phi) is 4.02. The Morgan fingerprint density at radius 1 is 1.33 bits per heavy atom. The third kappa shape index (κ3) is 2.91. The molecule has 94 valence electrons. The second-order valence-electron chi connectivity index (χ2n) is 3.77. The fraction of sp³-hybridized carbons (Fsp3) is 0.154. The minimum absolute atomic E-state index is 0.0185. The van der Waals surface area contributed by atoms with Crippen LogP contribution in [0.25, 0.3) is 0 Å². The van der Waals surface area contributed by atoms with E-state index in [9.17, 15) is 4.79 Å². The molecule has 0 radical (unpaired) electrons. The van der Waals surface area contributed by atoms with Crippen LogP contribution >= 0.6 is 11.6 Å². The standard InChI is InChI=1S/C13H12ClNO3/c14-12-11(4-5-18-12)13(17)15-7-9-2-1-3-10(6-9)8-16/h1-6,16H,7-8H2,(H,15,17). The van der Waals surface area contributed by atoms with Crippen molar-refractivity contribution in [2.75, 3.05) is 0 Å². The van der Waals surface area contributed by atoms with Crippen molar-refractivity contribution in [2.24, 2.45) is 0 Å². The van der Waals surface area contributed by atoms with Gasteiger partial charge >= 0.3 is 0 Å². The van der Waals surface area contributed by atoms with Crippen molar-refractivity contribution < 1.29 is 14.3 Å². The van der Waals surface area contributed by atoms with Gasteiger partial charge in [0, 0.05) is 6.54 Å². The van der Waals surface area contributed by atoms with Gasteiger partial charge in [-0.2, -0.15) is 0 Å². The van der Waals surface area contributed by atoms with Crippen LogP contribution in [0.3, 0.4) is 0 Å². The number of carbonyl (C=O) groups excluding carboxylic acids is 1. The second kappa shape index (κ2) is 5.71. The average Bonchev–Trinajstić information content (AvgIpc) is 2.82. The highest BCUT2D eigenvalue weighted by Crippen LogP contribution is 2.16. The van der Waals surface area contributed by atoms with Crippen LogP contribution in [0.15, 0.2) is 41.0 Å². The number of aliphatic hydroxyl groups is 1. The number of rotatable bonds is 4. The smallest absolute Gasteiger partial charge is 0.256 e. The van der Waals surface area contributed by atoms with Gasteiger partial charge in [-0.15, -0.1) is 0 Å². The van der Waals surface area contributed by atoms with Gasteiger partial charge in [0.1, 0.15) is 0 Å². The lowest BCUT2D eigenvalue weighted by molar-refractivity contribution is 0.0950. The molecule has 0 aliphatic heterocycles. The Bertz CT molecular complexity index is 551. The fourth-order valence-electron chi connectivity index (χ4n) is 1.57. The first-order valence-electron chi connectivity index (χ1n) is 5.40. The molecule has 18 heavy (non-hydrogen) atoms. The predicted octanol–water partition coefficient (Wildman–Crippen LogP) is 2.36. The molecule has 0 saturated carbocycles. The van der Waals surface area contributed by atoms with Gasteiger partial charge in [0.15, 0.2) is 0 Å². The van der Waals surface area contributed by atoms with Crippen LogP contribution in [-0.4, -0.2) is 11.0 Å². The van der Waals surface area contributed by atoms with Crippen molar-refractivity contribution in [1.82, 2.24) is 5.32 Å². The van der Waals surface area contributed by atoms with Gasteiger partial charge in [0.05, 0.1) is 18.4 Å². The van der Waals surface area contributed by atoms with E-state index >= 15 is 0 Å². The average molecular weight is 266 g/mol. The third-order valence-electron chi connectivity index (χ3n) is 2.49. The summed E-state index contributed by atoms with van der Waals surface area (Å²) in [6, 6.07) is 8.87. The van der Waals surface area contributed by atoms with Crippen molar-refractivity contribution in [3.63, 3.8) is 0 Å². The van der Waals surface area contributed by atoms with Gasteiger partial charge in [-0.25, -0.2) is 0 Å². The Labute approximate surface area is 109 Å². The predicted molar refractivity (Wildman–Crippen MR) is 67.3 cm³/mol. The lowest BCUT2D eigenvalue weighted by Gasteiger charge is -2.05. The number of furan rings is 1. The van der Waals surface area contributed by atoms with Crippen LogP contribution in [0.2, 0.25) is 5.22 Å². The van der Waals surface area contributed by atoms with E-state index in [4.69, 9.17) is 21.1 Å². The molecule has 0 bridgehead atoms. The minimum atomic E-state index is -0.289. The summed E-state index contributed by atoms with van der Waals surface area (Å²) in [4.78, 5) is 11.7. The molecule has 4 nitrogen and oxygen atoms in total. The third-order valence-corrected chi connectivity index (χ3v) is 2.78. The largest absolute Gasteiger partial charge is 0.452 e. The van der Waals surface area contributed by atoms with Gasteiger partial charge < -0.3 is 14.8 Å². The summed E-state index contributed by atoms with van der Waals surface area (Å²) in [5, 5.41) is 11.8. The lowest BCUT2D eigenvalue weighted by Crippen LogP contribution is -2.22. The molecular weight excluding hydrogens is 254 g/mol. The first kappa shape index (κ1) is 12.7. The summed E-state index contributed by atoms with van der Waals surface area (Å²) in [5.74, 6) is -0.289. The first-order valence-corrected chi connectivity index (χ1v) is 5.78. The molecule has 1 aromatic carbocycles. The Hall–Kier alpha value is -1.78. The molecule has 2 aromatic rings. The van der Waals surface area contributed by atoms with E-state index in [0.29, 0.717) is 12.1 Å². The molecule has 0 saturated heterocycles. The van der Waals surface area contributed by atoms with Crippen molar-refractivity contribution in [3.05, 3.63) is 58.5 Å². The van der Waals surface area contributed by atoms with E-state index in [1.54, 1.807) is 0 Å². The number of hydrogen-bond acceptors (Lipinski definition) is 3. The van der Waals surface area contributed by atoms with Crippen LogP contribution in [0, 0.1) is 0 Å². The molecule has 5 heteroatoms. The highest BCUT2D eigenvalue weighted by molar-refractivity contribution is 6.32. The van der Waals surface area contributed by atoms with Gasteiger partial charge in [0.2, 0.25) is 5.22 Å². The molecule has 0 spiro atoms. The van der Waals surface area contributed by atoms with Crippen molar-refractivity contribution in [1.29, 1.82) is 0 Å². The summed E-state index contributed by atoms with van der Waals surface area (Å²) in [6.07, 6.45) is 1.36. The molecule has 0 atom stereocenters. The molecular formula is C13H12ClNO3. The summed E-state index contributed by atoms with van der Waals surface area (Å²) in [7, 11) is 0. The Morgan fingerprint density at radius 2 is 2.11 bits per heavy atom. The first-order chi connectivity index (χ1) is 8.70. The highest BCUT2D eigenvalue weighted by atomic mass is 35.5. The molecule has 2 rings (SSSR count). The molecule has 1 amide bonds.